The average Bonchev–Trinajstić information content (AvgIpc) is 2.88. The summed E-state index contributed by atoms with van der Waals surface area (Å²) in [5, 5.41) is 2.22. The summed E-state index contributed by atoms with van der Waals surface area (Å²) >= 11 is 0. The first kappa shape index (κ1) is 19.5. The number of rotatable bonds is 5. The van der Waals surface area contributed by atoms with Crippen LogP contribution in [-0.2, 0) is 0 Å². The van der Waals surface area contributed by atoms with Crippen LogP contribution in [0.5, 0.6) is 0 Å². The van der Waals surface area contributed by atoms with E-state index in [1.54, 1.807) is 24.8 Å². The quantitative estimate of drug-likeness (QED) is 0.322. The molecule has 0 saturated carbocycles. The van der Waals surface area contributed by atoms with Crippen molar-refractivity contribution >= 4 is 22.9 Å². The lowest BCUT2D eigenvalue weighted by Crippen LogP contribution is -1.99. The molecule has 32 heavy (non-hydrogen) atoms. The molecule has 2 aromatic heterocycles. The highest BCUT2D eigenvalue weighted by Crippen LogP contribution is 2.44. The number of nitrogens with zero attached hydrogens (tertiary/aromatic N) is 4. The fourth-order valence-electron chi connectivity index (χ4n) is 4.09. The van der Waals surface area contributed by atoms with Crippen LogP contribution in [0.25, 0.3) is 56.8 Å². The molecule has 0 amide bonds. The Morgan fingerprint density at radius 1 is 0.562 bits per heavy atom. The van der Waals surface area contributed by atoms with Crippen LogP contribution in [0.4, 0.5) is 0 Å². The standard InChI is InChI=1S/C28H20N4/c1-3-19-11-13-23(27-29-15-7-16-30-27)25(21(19)4-2)26-22-10-6-5-9-20(22)12-14-24(26)28-31-17-8-18-32-28/h3-18H,1-2H2. The highest BCUT2D eigenvalue weighted by molar-refractivity contribution is 6.08. The SMILES string of the molecule is C=Cc1ccc(-c2ncccn2)c(-c2c(-c3ncccn3)ccc3ccccc23)c1C=C. The van der Waals surface area contributed by atoms with E-state index in [0.717, 1.165) is 44.2 Å². The average molecular weight is 412 g/mol. The van der Waals surface area contributed by atoms with Gasteiger partial charge >= 0.3 is 0 Å². The first-order valence-corrected chi connectivity index (χ1v) is 10.3. The molecule has 0 unspecified atom stereocenters. The lowest BCUT2D eigenvalue weighted by molar-refractivity contribution is 1.17. The van der Waals surface area contributed by atoms with E-state index in [1.807, 2.05) is 48.6 Å². The van der Waals surface area contributed by atoms with Crippen molar-refractivity contribution in [3.63, 3.8) is 0 Å². The summed E-state index contributed by atoms with van der Waals surface area (Å²) in [6.07, 6.45) is 10.8. The maximum Gasteiger partial charge on any atom is 0.159 e. The van der Waals surface area contributed by atoms with Crippen molar-refractivity contribution in [3.05, 3.63) is 110 Å². The second kappa shape index (κ2) is 8.36. The van der Waals surface area contributed by atoms with Crippen molar-refractivity contribution in [2.75, 3.05) is 0 Å². The maximum atomic E-state index is 4.55. The van der Waals surface area contributed by atoms with Crippen molar-refractivity contribution in [3.8, 4) is 33.9 Å². The molecule has 0 N–H and O–H groups in total. The lowest BCUT2D eigenvalue weighted by atomic mass is 9.85. The van der Waals surface area contributed by atoms with Crippen LogP contribution in [0.15, 0.2) is 98.6 Å². The molecule has 5 aromatic rings. The summed E-state index contributed by atoms with van der Waals surface area (Å²) in [5.41, 5.74) is 5.82. The minimum Gasteiger partial charge on any atom is -0.237 e. The van der Waals surface area contributed by atoms with Gasteiger partial charge in [0.25, 0.3) is 0 Å². The van der Waals surface area contributed by atoms with Crippen molar-refractivity contribution in [1.82, 2.24) is 19.9 Å². The van der Waals surface area contributed by atoms with E-state index in [2.05, 4.69) is 57.4 Å². The highest BCUT2D eigenvalue weighted by Gasteiger charge is 2.21. The van der Waals surface area contributed by atoms with Gasteiger partial charge in [0.15, 0.2) is 11.6 Å². The van der Waals surface area contributed by atoms with Gasteiger partial charge in [-0.05, 0) is 46.2 Å². The van der Waals surface area contributed by atoms with Gasteiger partial charge in [-0.2, -0.15) is 0 Å². The Labute approximate surface area is 186 Å². The van der Waals surface area contributed by atoms with E-state index in [9.17, 15) is 0 Å². The number of benzene rings is 3. The zero-order valence-corrected chi connectivity index (χ0v) is 17.4. The number of hydrogen-bond acceptors (Lipinski definition) is 4. The summed E-state index contributed by atoms with van der Waals surface area (Å²) in [4.78, 5) is 18.2. The molecule has 0 saturated heterocycles. The smallest absolute Gasteiger partial charge is 0.159 e. The van der Waals surface area contributed by atoms with Crippen molar-refractivity contribution in [2.45, 2.75) is 0 Å². The summed E-state index contributed by atoms with van der Waals surface area (Å²) in [7, 11) is 0. The number of aromatic nitrogens is 4. The normalized spacial score (nSPS) is 10.8. The summed E-state index contributed by atoms with van der Waals surface area (Å²) in [5.74, 6) is 1.31. The third-order valence-electron chi connectivity index (χ3n) is 5.50. The minimum atomic E-state index is 0.647. The van der Waals surface area contributed by atoms with Gasteiger partial charge in [-0.25, -0.2) is 19.9 Å². The number of fused-ring (bicyclic) bond motifs is 1. The molecule has 2 heterocycles. The molecule has 0 atom stereocenters. The van der Waals surface area contributed by atoms with Crippen molar-refractivity contribution < 1.29 is 0 Å². The predicted molar refractivity (Wildman–Crippen MR) is 132 cm³/mol. The van der Waals surface area contributed by atoms with Gasteiger partial charge in [0.05, 0.1) is 0 Å². The van der Waals surface area contributed by atoms with Crippen LogP contribution in [0.1, 0.15) is 11.1 Å². The van der Waals surface area contributed by atoms with Gasteiger partial charge in [-0.15, -0.1) is 0 Å². The fraction of sp³-hybridized carbons (Fsp3) is 0. The van der Waals surface area contributed by atoms with E-state index in [0.29, 0.717) is 11.6 Å². The molecule has 0 radical (unpaired) electrons. The largest absolute Gasteiger partial charge is 0.237 e. The van der Waals surface area contributed by atoms with E-state index in [1.165, 1.54) is 0 Å². The Balaban J connectivity index is 1.99. The van der Waals surface area contributed by atoms with Crippen LogP contribution in [0, 0.1) is 0 Å². The van der Waals surface area contributed by atoms with Crippen molar-refractivity contribution in [1.29, 1.82) is 0 Å². The molecule has 0 aliphatic heterocycles. The van der Waals surface area contributed by atoms with Gasteiger partial charge < -0.3 is 0 Å². The van der Waals surface area contributed by atoms with Crippen LogP contribution in [-0.4, -0.2) is 19.9 Å². The Bertz CT molecular complexity index is 1440. The van der Waals surface area contributed by atoms with Gasteiger partial charge in [-0.1, -0.05) is 61.7 Å². The molecule has 4 nitrogen and oxygen atoms in total. The highest BCUT2D eigenvalue weighted by atomic mass is 14.9. The van der Waals surface area contributed by atoms with E-state index >= 15 is 0 Å². The first-order valence-electron chi connectivity index (χ1n) is 10.3. The second-order valence-corrected chi connectivity index (χ2v) is 7.25. The Kier molecular flexibility index (Phi) is 5.10. The molecule has 0 aliphatic carbocycles. The van der Waals surface area contributed by atoms with Crippen LogP contribution in [0.2, 0.25) is 0 Å². The predicted octanol–water partition coefficient (Wildman–Crippen LogP) is 6.71. The van der Waals surface area contributed by atoms with E-state index < -0.39 is 0 Å². The van der Waals surface area contributed by atoms with Crippen LogP contribution in [0.3, 0.4) is 0 Å². The molecule has 3 aromatic carbocycles. The summed E-state index contributed by atoms with van der Waals surface area (Å²) < 4.78 is 0. The topological polar surface area (TPSA) is 51.6 Å². The lowest BCUT2D eigenvalue weighted by Gasteiger charge is -2.20. The molecular weight excluding hydrogens is 392 g/mol. The zero-order chi connectivity index (χ0) is 21.9. The maximum absolute atomic E-state index is 4.55. The van der Waals surface area contributed by atoms with Gasteiger partial charge in [0.2, 0.25) is 0 Å². The van der Waals surface area contributed by atoms with Gasteiger partial charge in [0, 0.05) is 47.0 Å². The third-order valence-corrected chi connectivity index (χ3v) is 5.50. The molecule has 152 valence electrons. The van der Waals surface area contributed by atoms with E-state index in [4.69, 9.17) is 0 Å². The monoisotopic (exact) mass is 412 g/mol. The molecule has 4 heteroatoms. The van der Waals surface area contributed by atoms with Crippen molar-refractivity contribution in [2.24, 2.45) is 0 Å². The fourth-order valence-corrected chi connectivity index (χ4v) is 4.09. The molecular formula is C28H20N4. The molecule has 0 spiro atoms. The number of hydrogen-bond donors (Lipinski definition) is 0. The minimum absolute atomic E-state index is 0.647. The zero-order valence-electron chi connectivity index (χ0n) is 17.4. The summed E-state index contributed by atoms with van der Waals surface area (Å²) in [6, 6.07) is 20.2. The van der Waals surface area contributed by atoms with Crippen LogP contribution < -0.4 is 0 Å². The summed E-state index contributed by atoms with van der Waals surface area (Å²) in [6.45, 7) is 8.14. The third kappa shape index (κ3) is 3.28. The van der Waals surface area contributed by atoms with Crippen LogP contribution >= 0.6 is 0 Å². The Morgan fingerprint density at radius 3 is 1.78 bits per heavy atom. The van der Waals surface area contributed by atoms with Gasteiger partial charge in [-0.3, -0.25) is 0 Å². The molecule has 0 aliphatic rings. The first-order chi connectivity index (χ1) is 15.8. The Morgan fingerprint density at radius 2 is 1.16 bits per heavy atom. The van der Waals surface area contributed by atoms with E-state index in [-0.39, 0.29) is 0 Å². The molecule has 0 fully saturated rings. The Hall–Kier alpha value is -4.44. The second-order valence-electron chi connectivity index (χ2n) is 7.25. The molecule has 5 rings (SSSR count). The molecule has 0 bridgehead atoms. The van der Waals surface area contributed by atoms with Gasteiger partial charge in [0.1, 0.15) is 0 Å².